The maximum absolute atomic E-state index is 4.39. The molecule has 1 aromatic carbocycles. The van der Waals surface area contributed by atoms with Gasteiger partial charge in [-0.25, -0.2) is 4.98 Å². The van der Waals surface area contributed by atoms with E-state index in [4.69, 9.17) is 0 Å². The van der Waals surface area contributed by atoms with E-state index < -0.39 is 0 Å². The number of hydrogen-bond acceptors (Lipinski definition) is 4. The molecule has 114 valence electrons. The molecule has 0 aliphatic rings. The summed E-state index contributed by atoms with van der Waals surface area (Å²) >= 11 is 1.71. The van der Waals surface area contributed by atoms with Gasteiger partial charge in [0.1, 0.15) is 5.82 Å². The van der Waals surface area contributed by atoms with Crippen LogP contribution >= 0.6 is 11.8 Å². The summed E-state index contributed by atoms with van der Waals surface area (Å²) in [5, 5.41) is 11.9. The zero-order valence-corrected chi connectivity index (χ0v) is 14.0. The summed E-state index contributed by atoms with van der Waals surface area (Å²) in [5.74, 6) is 0.859. The van der Waals surface area contributed by atoms with Crippen LogP contribution in [0.4, 0.5) is 0 Å². The van der Waals surface area contributed by atoms with Gasteiger partial charge in [0.25, 0.3) is 0 Å². The number of nitrogens with one attached hydrogen (secondary N) is 2. The number of aryl methyl sites for hydroxylation is 2. The standard InChI is InChI=1S/C16H24N4S/c1-5-10-17-15(14-8-6-11(2)7-9-14)12(3)21-16-18-13(4)19-20-16/h6-9,12,15,17H,5,10H2,1-4H3,(H,18,19,20). The molecule has 1 heterocycles. The molecule has 2 N–H and O–H groups in total. The molecule has 21 heavy (non-hydrogen) atoms. The highest BCUT2D eigenvalue weighted by Crippen LogP contribution is 2.30. The minimum atomic E-state index is 0.300. The lowest BCUT2D eigenvalue weighted by Gasteiger charge is -2.24. The average Bonchev–Trinajstić information content (AvgIpc) is 2.86. The quantitative estimate of drug-likeness (QED) is 0.767. The molecule has 0 radical (unpaired) electrons. The van der Waals surface area contributed by atoms with Crippen molar-refractivity contribution in [2.75, 3.05) is 6.54 Å². The van der Waals surface area contributed by atoms with Gasteiger partial charge in [-0.1, -0.05) is 55.4 Å². The lowest BCUT2D eigenvalue weighted by Crippen LogP contribution is -2.29. The van der Waals surface area contributed by atoms with Crippen LogP contribution in [0, 0.1) is 13.8 Å². The Morgan fingerprint density at radius 3 is 2.52 bits per heavy atom. The van der Waals surface area contributed by atoms with E-state index in [1.54, 1.807) is 11.8 Å². The molecular weight excluding hydrogens is 280 g/mol. The maximum Gasteiger partial charge on any atom is 0.208 e. The van der Waals surface area contributed by atoms with Crippen molar-refractivity contribution in [2.24, 2.45) is 0 Å². The fourth-order valence-electron chi connectivity index (χ4n) is 2.24. The summed E-state index contributed by atoms with van der Waals surface area (Å²) in [6.07, 6.45) is 1.12. The third-order valence-corrected chi connectivity index (χ3v) is 4.43. The highest BCUT2D eigenvalue weighted by molar-refractivity contribution is 7.99. The summed E-state index contributed by atoms with van der Waals surface area (Å²) < 4.78 is 0. The topological polar surface area (TPSA) is 53.6 Å². The third-order valence-electron chi connectivity index (χ3n) is 3.39. The first-order valence-electron chi connectivity index (χ1n) is 7.45. The van der Waals surface area contributed by atoms with Gasteiger partial charge in [-0.05, 0) is 32.4 Å². The van der Waals surface area contributed by atoms with Crippen LogP contribution in [0.3, 0.4) is 0 Å². The predicted molar refractivity (Wildman–Crippen MR) is 88.7 cm³/mol. The molecule has 1 aromatic heterocycles. The van der Waals surface area contributed by atoms with E-state index in [2.05, 4.69) is 65.5 Å². The Morgan fingerprint density at radius 1 is 1.24 bits per heavy atom. The van der Waals surface area contributed by atoms with Crippen LogP contribution in [0.1, 0.15) is 43.3 Å². The zero-order chi connectivity index (χ0) is 15.2. The van der Waals surface area contributed by atoms with Crippen molar-refractivity contribution in [3.8, 4) is 0 Å². The van der Waals surface area contributed by atoms with E-state index in [1.807, 2.05) is 6.92 Å². The van der Waals surface area contributed by atoms with E-state index >= 15 is 0 Å². The highest BCUT2D eigenvalue weighted by Gasteiger charge is 2.21. The SMILES string of the molecule is CCCNC(c1ccc(C)cc1)C(C)Sc1n[nH]c(C)n1. The monoisotopic (exact) mass is 304 g/mol. The van der Waals surface area contributed by atoms with Gasteiger partial charge in [0.15, 0.2) is 0 Å². The Bertz CT molecular complexity index is 550. The Kier molecular flexibility index (Phi) is 5.82. The molecule has 2 rings (SSSR count). The third kappa shape index (κ3) is 4.58. The van der Waals surface area contributed by atoms with Crippen molar-refractivity contribution in [1.29, 1.82) is 0 Å². The molecule has 5 heteroatoms. The molecule has 0 amide bonds. The second-order valence-electron chi connectivity index (χ2n) is 5.37. The van der Waals surface area contributed by atoms with E-state index in [9.17, 15) is 0 Å². The summed E-state index contributed by atoms with van der Waals surface area (Å²) in [5.41, 5.74) is 2.61. The fourth-order valence-corrected chi connectivity index (χ4v) is 3.25. The van der Waals surface area contributed by atoms with Gasteiger partial charge in [-0.15, -0.1) is 5.10 Å². The number of aromatic nitrogens is 3. The van der Waals surface area contributed by atoms with Crippen LogP contribution in [0.2, 0.25) is 0 Å². The molecule has 0 aliphatic carbocycles. The molecule has 2 aromatic rings. The molecular formula is C16H24N4S. The van der Waals surface area contributed by atoms with Crippen LogP contribution in [0.15, 0.2) is 29.4 Å². The van der Waals surface area contributed by atoms with E-state index in [1.165, 1.54) is 11.1 Å². The molecule has 0 saturated carbocycles. The van der Waals surface area contributed by atoms with Gasteiger partial charge in [0, 0.05) is 11.3 Å². The Hall–Kier alpha value is -1.33. The van der Waals surface area contributed by atoms with Crippen LogP contribution in [0.5, 0.6) is 0 Å². The zero-order valence-electron chi connectivity index (χ0n) is 13.2. The first kappa shape index (κ1) is 16.0. The van der Waals surface area contributed by atoms with Crippen LogP contribution in [0.25, 0.3) is 0 Å². The van der Waals surface area contributed by atoms with E-state index in [0.29, 0.717) is 11.3 Å². The van der Waals surface area contributed by atoms with Gasteiger partial charge in [-0.2, -0.15) is 0 Å². The van der Waals surface area contributed by atoms with Crippen molar-refractivity contribution < 1.29 is 0 Å². The Labute approximate surface area is 131 Å². The first-order valence-corrected chi connectivity index (χ1v) is 8.33. The van der Waals surface area contributed by atoms with Crippen molar-refractivity contribution in [3.63, 3.8) is 0 Å². The normalized spacial score (nSPS) is 14.1. The van der Waals surface area contributed by atoms with Crippen molar-refractivity contribution >= 4 is 11.8 Å². The van der Waals surface area contributed by atoms with Crippen LogP contribution < -0.4 is 5.32 Å². The van der Waals surface area contributed by atoms with Crippen molar-refractivity contribution in [3.05, 3.63) is 41.2 Å². The molecule has 0 bridgehead atoms. The van der Waals surface area contributed by atoms with Crippen molar-refractivity contribution in [1.82, 2.24) is 20.5 Å². The minimum absolute atomic E-state index is 0.300. The van der Waals surface area contributed by atoms with Gasteiger partial charge in [0.2, 0.25) is 5.16 Å². The number of nitrogens with zero attached hydrogens (tertiary/aromatic N) is 2. The maximum atomic E-state index is 4.39. The largest absolute Gasteiger partial charge is 0.309 e. The summed E-state index contributed by atoms with van der Waals surface area (Å²) in [6, 6.07) is 9.06. The molecule has 0 fully saturated rings. The molecule has 0 spiro atoms. The van der Waals surface area contributed by atoms with Crippen LogP contribution in [-0.4, -0.2) is 27.0 Å². The lowest BCUT2D eigenvalue weighted by molar-refractivity contribution is 0.527. The number of hydrogen-bond donors (Lipinski definition) is 2. The van der Waals surface area contributed by atoms with Gasteiger partial charge < -0.3 is 5.32 Å². The molecule has 2 unspecified atom stereocenters. The van der Waals surface area contributed by atoms with E-state index in [0.717, 1.165) is 23.9 Å². The molecule has 4 nitrogen and oxygen atoms in total. The Balaban J connectivity index is 2.12. The molecule has 0 aliphatic heterocycles. The average molecular weight is 304 g/mol. The molecule has 0 saturated heterocycles. The van der Waals surface area contributed by atoms with Crippen molar-refractivity contribution in [2.45, 2.75) is 50.6 Å². The summed E-state index contributed by atoms with van der Waals surface area (Å²) in [6.45, 7) is 9.47. The number of rotatable bonds is 7. The summed E-state index contributed by atoms with van der Waals surface area (Å²) in [7, 11) is 0. The van der Waals surface area contributed by atoms with Gasteiger partial charge >= 0.3 is 0 Å². The van der Waals surface area contributed by atoms with E-state index in [-0.39, 0.29) is 0 Å². The second kappa shape index (κ2) is 7.61. The number of H-pyrrole nitrogens is 1. The number of thioether (sulfide) groups is 1. The van der Waals surface area contributed by atoms with Gasteiger partial charge in [-0.3, -0.25) is 5.10 Å². The second-order valence-corrected chi connectivity index (χ2v) is 6.71. The Morgan fingerprint density at radius 2 is 1.95 bits per heavy atom. The summed E-state index contributed by atoms with van der Waals surface area (Å²) in [4.78, 5) is 4.39. The van der Waals surface area contributed by atoms with Crippen LogP contribution in [-0.2, 0) is 0 Å². The fraction of sp³-hybridized carbons (Fsp3) is 0.500. The molecule has 2 atom stereocenters. The number of benzene rings is 1. The smallest absolute Gasteiger partial charge is 0.208 e. The predicted octanol–water partition coefficient (Wildman–Crippen LogP) is 3.64. The lowest BCUT2D eigenvalue weighted by atomic mass is 10.0. The minimum Gasteiger partial charge on any atom is -0.309 e. The first-order chi connectivity index (χ1) is 10.1. The number of aromatic amines is 1. The highest BCUT2D eigenvalue weighted by atomic mass is 32.2. The van der Waals surface area contributed by atoms with Gasteiger partial charge in [0.05, 0.1) is 0 Å².